The SMILES string of the molecule is O=C(O)Nc1cn2ccccc2n1. The zero-order chi connectivity index (χ0) is 9.26. The maximum atomic E-state index is 10.3. The van der Waals surface area contributed by atoms with Gasteiger partial charge in [0.1, 0.15) is 5.65 Å². The molecular formula is C8H7N3O2. The van der Waals surface area contributed by atoms with Gasteiger partial charge in [-0.2, -0.15) is 0 Å². The lowest BCUT2D eigenvalue weighted by molar-refractivity contribution is 0.209. The highest BCUT2D eigenvalue weighted by molar-refractivity contribution is 5.81. The molecule has 0 aromatic carbocycles. The van der Waals surface area contributed by atoms with Crippen molar-refractivity contribution < 1.29 is 9.90 Å². The van der Waals surface area contributed by atoms with Gasteiger partial charge in [0, 0.05) is 6.20 Å². The van der Waals surface area contributed by atoms with Crippen LogP contribution in [0.5, 0.6) is 0 Å². The molecule has 2 aromatic rings. The maximum Gasteiger partial charge on any atom is 0.410 e. The predicted octanol–water partition coefficient (Wildman–Crippen LogP) is 1.42. The lowest BCUT2D eigenvalue weighted by Gasteiger charge is -1.90. The van der Waals surface area contributed by atoms with Gasteiger partial charge in [-0.25, -0.2) is 9.78 Å². The quantitative estimate of drug-likeness (QED) is 0.692. The third kappa shape index (κ3) is 1.44. The highest BCUT2D eigenvalue weighted by Gasteiger charge is 2.02. The Morgan fingerprint density at radius 3 is 3.08 bits per heavy atom. The van der Waals surface area contributed by atoms with E-state index in [0.717, 1.165) is 0 Å². The van der Waals surface area contributed by atoms with Gasteiger partial charge in [0.05, 0.1) is 6.20 Å². The van der Waals surface area contributed by atoms with Gasteiger partial charge in [-0.15, -0.1) is 0 Å². The summed E-state index contributed by atoms with van der Waals surface area (Å²) in [5.74, 6) is 0.332. The van der Waals surface area contributed by atoms with E-state index in [1.165, 1.54) is 0 Å². The van der Waals surface area contributed by atoms with Gasteiger partial charge in [0.2, 0.25) is 0 Å². The van der Waals surface area contributed by atoms with E-state index >= 15 is 0 Å². The molecule has 5 heteroatoms. The third-order valence-electron chi connectivity index (χ3n) is 1.60. The minimum absolute atomic E-state index is 0.332. The van der Waals surface area contributed by atoms with Crippen LogP contribution >= 0.6 is 0 Å². The van der Waals surface area contributed by atoms with E-state index in [0.29, 0.717) is 11.5 Å². The minimum Gasteiger partial charge on any atom is -0.465 e. The minimum atomic E-state index is -1.11. The van der Waals surface area contributed by atoms with Crippen LogP contribution < -0.4 is 5.32 Å². The first kappa shape index (κ1) is 7.60. The molecule has 2 rings (SSSR count). The van der Waals surface area contributed by atoms with E-state index in [1.54, 1.807) is 22.9 Å². The predicted molar refractivity (Wildman–Crippen MR) is 46.8 cm³/mol. The molecule has 0 bridgehead atoms. The zero-order valence-corrected chi connectivity index (χ0v) is 6.64. The topological polar surface area (TPSA) is 66.6 Å². The van der Waals surface area contributed by atoms with E-state index in [1.807, 2.05) is 12.1 Å². The number of rotatable bonds is 1. The van der Waals surface area contributed by atoms with Crippen LogP contribution in [0.4, 0.5) is 10.6 Å². The lowest BCUT2D eigenvalue weighted by atomic mass is 10.5. The van der Waals surface area contributed by atoms with E-state index < -0.39 is 6.09 Å². The van der Waals surface area contributed by atoms with Crippen LogP contribution in [0.25, 0.3) is 5.65 Å². The molecule has 0 aliphatic carbocycles. The van der Waals surface area contributed by atoms with E-state index in [2.05, 4.69) is 10.3 Å². The Kier molecular flexibility index (Phi) is 1.63. The smallest absolute Gasteiger partial charge is 0.410 e. The number of aromatic nitrogens is 2. The number of hydrogen-bond acceptors (Lipinski definition) is 2. The van der Waals surface area contributed by atoms with Crippen molar-refractivity contribution in [2.75, 3.05) is 5.32 Å². The van der Waals surface area contributed by atoms with Crippen LogP contribution in [0.3, 0.4) is 0 Å². The van der Waals surface area contributed by atoms with Crippen molar-refractivity contribution in [3.8, 4) is 0 Å². The molecule has 0 radical (unpaired) electrons. The van der Waals surface area contributed by atoms with E-state index in [-0.39, 0.29) is 0 Å². The third-order valence-corrected chi connectivity index (χ3v) is 1.60. The first-order valence-corrected chi connectivity index (χ1v) is 3.69. The lowest BCUT2D eigenvalue weighted by Crippen LogP contribution is -2.06. The first-order chi connectivity index (χ1) is 6.25. The summed E-state index contributed by atoms with van der Waals surface area (Å²) in [6.07, 6.45) is 2.31. The van der Waals surface area contributed by atoms with Crippen LogP contribution in [0.1, 0.15) is 0 Å². The Labute approximate surface area is 73.6 Å². The van der Waals surface area contributed by atoms with Crippen LogP contribution in [0.15, 0.2) is 30.6 Å². The number of carboxylic acid groups (broad SMARTS) is 1. The van der Waals surface area contributed by atoms with Crippen molar-refractivity contribution in [1.82, 2.24) is 9.38 Å². The van der Waals surface area contributed by atoms with Crippen molar-refractivity contribution in [3.05, 3.63) is 30.6 Å². The summed E-state index contributed by atoms with van der Waals surface area (Å²) >= 11 is 0. The van der Waals surface area contributed by atoms with Gasteiger partial charge in [0.15, 0.2) is 5.82 Å². The van der Waals surface area contributed by atoms with Gasteiger partial charge in [-0.1, -0.05) is 6.07 Å². The fourth-order valence-electron chi connectivity index (χ4n) is 1.10. The highest BCUT2D eigenvalue weighted by Crippen LogP contribution is 2.08. The number of pyridine rings is 1. The molecule has 0 atom stereocenters. The standard InChI is InChI=1S/C8H7N3O2/c12-8(13)10-6-5-11-4-2-1-3-7(11)9-6/h1-5,10H,(H,12,13). The van der Waals surface area contributed by atoms with Gasteiger partial charge in [0.25, 0.3) is 0 Å². The number of anilines is 1. The fraction of sp³-hybridized carbons (Fsp3) is 0. The summed E-state index contributed by atoms with van der Waals surface area (Å²) < 4.78 is 1.74. The van der Waals surface area contributed by atoms with Gasteiger partial charge in [-0.3, -0.25) is 5.32 Å². The second-order valence-electron chi connectivity index (χ2n) is 2.52. The molecule has 1 amide bonds. The Hall–Kier alpha value is -2.04. The average Bonchev–Trinajstić information content (AvgIpc) is 2.44. The van der Waals surface area contributed by atoms with Gasteiger partial charge >= 0.3 is 6.09 Å². The Bertz CT molecular complexity index is 416. The molecule has 2 heterocycles. The summed E-state index contributed by atoms with van der Waals surface area (Å²) in [5, 5.41) is 10.6. The summed E-state index contributed by atoms with van der Waals surface area (Å²) in [4.78, 5) is 14.3. The molecule has 0 saturated heterocycles. The zero-order valence-electron chi connectivity index (χ0n) is 6.64. The first-order valence-electron chi connectivity index (χ1n) is 3.69. The molecule has 2 aromatic heterocycles. The molecule has 0 aliphatic heterocycles. The van der Waals surface area contributed by atoms with Crippen LogP contribution in [0.2, 0.25) is 0 Å². The van der Waals surface area contributed by atoms with E-state index in [9.17, 15) is 4.79 Å². The molecule has 0 aliphatic rings. The summed E-state index contributed by atoms with van der Waals surface area (Å²) in [6.45, 7) is 0. The molecule has 0 saturated carbocycles. The van der Waals surface area contributed by atoms with Gasteiger partial charge < -0.3 is 9.51 Å². The van der Waals surface area contributed by atoms with E-state index in [4.69, 9.17) is 5.11 Å². The second-order valence-corrected chi connectivity index (χ2v) is 2.52. The monoisotopic (exact) mass is 177 g/mol. The number of amides is 1. The second kappa shape index (κ2) is 2.78. The number of carbonyl (C=O) groups is 1. The van der Waals surface area contributed by atoms with Crippen molar-refractivity contribution in [2.45, 2.75) is 0 Å². The number of imidazole rings is 1. The largest absolute Gasteiger partial charge is 0.465 e. The Morgan fingerprint density at radius 1 is 1.54 bits per heavy atom. The van der Waals surface area contributed by atoms with Crippen LogP contribution in [0, 0.1) is 0 Å². The molecule has 13 heavy (non-hydrogen) atoms. The molecule has 0 unspecified atom stereocenters. The molecular weight excluding hydrogens is 170 g/mol. The van der Waals surface area contributed by atoms with Crippen LogP contribution in [-0.4, -0.2) is 20.6 Å². The van der Waals surface area contributed by atoms with Gasteiger partial charge in [-0.05, 0) is 12.1 Å². The van der Waals surface area contributed by atoms with Crippen molar-refractivity contribution in [1.29, 1.82) is 0 Å². The molecule has 2 N–H and O–H groups in total. The molecule has 66 valence electrons. The average molecular weight is 177 g/mol. The number of hydrogen-bond donors (Lipinski definition) is 2. The molecule has 5 nitrogen and oxygen atoms in total. The number of nitrogens with zero attached hydrogens (tertiary/aromatic N) is 2. The molecule has 0 spiro atoms. The normalized spacial score (nSPS) is 10.2. The molecule has 0 fully saturated rings. The Morgan fingerprint density at radius 2 is 2.38 bits per heavy atom. The summed E-state index contributed by atoms with van der Waals surface area (Å²) in [6, 6.07) is 5.49. The highest BCUT2D eigenvalue weighted by atomic mass is 16.4. The fourth-order valence-corrected chi connectivity index (χ4v) is 1.10. The maximum absolute atomic E-state index is 10.3. The van der Waals surface area contributed by atoms with Crippen molar-refractivity contribution in [2.24, 2.45) is 0 Å². The summed E-state index contributed by atoms with van der Waals surface area (Å²) in [7, 11) is 0. The van der Waals surface area contributed by atoms with Crippen molar-refractivity contribution >= 4 is 17.6 Å². The van der Waals surface area contributed by atoms with Crippen molar-refractivity contribution in [3.63, 3.8) is 0 Å². The van der Waals surface area contributed by atoms with Crippen LogP contribution in [-0.2, 0) is 0 Å². The summed E-state index contributed by atoms with van der Waals surface area (Å²) in [5.41, 5.74) is 0.714. The number of nitrogens with one attached hydrogen (secondary N) is 1. The number of fused-ring (bicyclic) bond motifs is 1. The Balaban J connectivity index is 2.44.